The monoisotopic (exact) mass is 409 g/mol. The molecule has 160 valence electrons. The molecule has 1 fully saturated rings. The van der Waals surface area contributed by atoms with E-state index in [1.54, 1.807) is 7.11 Å². The Balaban J connectivity index is 1.54. The first kappa shape index (κ1) is 21.5. The molecule has 30 heavy (non-hydrogen) atoms. The van der Waals surface area contributed by atoms with Gasteiger partial charge in [-0.1, -0.05) is 12.1 Å². The van der Waals surface area contributed by atoms with Crippen molar-refractivity contribution in [2.45, 2.75) is 13.5 Å². The molecule has 7 heteroatoms. The van der Waals surface area contributed by atoms with Gasteiger partial charge < -0.3 is 25.2 Å². The number of piperazine rings is 1. The van der Waals surface area contributed by atoms with Crippen LogP contribution < -0.4 is 20.3 Å². The summed E-state index contributed by atoms with van der Waals surface area (Å²) in [6.07, 6.45) is 0. The van der Waals surface area contributed by atoms with Crippen molar-refractivity contribution in [1.82, 2.24) is 15.5 Å². The number of methoxy groups -OCH3 is 1. The molecule has 0 unspecified atom stereocenters. The van der Waals surface area contributed by atoms with Crippen LogP contribution in [0.25, 0.3) is 0 Å². The lowest BCUT2D eigenvalue weighted by atomic mass is 10.1. The van der Waals surface area contributed by atoms with E-state index >= 15 is 0 Å². The van der Waals surface area contributed by atoms with Gasteiger partial charge in [-0.25, -0.2) is 0 Å². The predicted molar refractivity (Wildman–Crippen MR) is 121 cm³/mol. The van der Waals surface area contributed by atoms with Gasteiger partial charge in [0.1, 0.15) is 5.75 Å². The molecule has 2 N–H and O–H groups in total. The van der Waals surface area contributed by atoms with E-state index in [9.17, 15) is 4.79 Å². The molecule has 1 aliphatic rings. The van der Waals surface area contributed by atoms with Gasteiger partial charge in [-0.15, -0.1) is 0 Å². The Morgan fingerprint density at radius 2 is 1.80 bits per heavy atom. The normalized spacial score (nSPS) is 14.4. The number of aliphatic imine (C=N–C) groups is 1. The van der Waals surface area contributed by atoms with E-state index < -0.39 is 0 Å². The molecule has 0 aromatic heterocycles. The summed E-state index contributed by atoms with van der Waals surface area (Å²) in [5.74, 6) is 1.71. The predicted octanol–water partition coefficient (Wildman–Crippen LogP) is 2.34. The number of hydrogen-bond donors (Lipinski definition) is 2. The lowest BCUT2D eigenvalue weighted by Gasteiger charge is -2.37. The summed E-state index contributed by atoms with van der Waals surface area (Å²) in [7, 11) is 3.49. The lowest BCUT2D eigenvalue weighted by Crippen LogP contribution is -2.52. The fourth-order valence-electron chi connectivity index (χ4n) is 3.57. The van der Waals surface area contributed by atoms with Gasteiger partial charge in [0.05, 0.1) is 7.11 Å². The third-order valence-electron chi connectivity index (χ3n) is 5.21. The zero-order valence-corrected chi connectivity index (χ0v) is 18.0. The highest BCUT2D eigenvalue weighted by Crippen LogP contribution is 2.20. The smallest absolute Gasteiger partial charge is 0.251 e. The molecule has 0 saturated carbocycles. The van der Waals surface area contributed by atoms with E-state index in [2.05, 4.69) is 37.6 Å². The van der Waals surface area contributed by atoms with Gasteiger partial charge in [-0.2, -0.15) is 0 Å². The minimum atomic E-state index is -0.0432. The number of hydrogen-bond acceptors (Lipinski definition) is 4. The van der Waals surface area contributed by atoms with Crippen LogP contribution in [0.1, 0.15) is 22.8 Å². The fourth-order valence-corrected chi connectivity index (χ4v) is 3.57. The standard InChI is InChI=1S/C23H31N5O2/c1-4-25-22(29)19-7-5-6-18(16-19)17-26-23(24-2)28-14-12-27(13-15-28)20-8-10-21(30-3)11-9-20/h5-11,16H,4,12-15,17H2,1-3H3,(H,24,26)(H,25,29). The number of benzene rings is 2. The third-order valence-corrected chi connectivity index (χ3v) is 5.21. The number of carbonyl (C=O) groups is 1. The maximum Gasteiger partial charge on any atom is 0.251 e. The van der Waals surface area contributed by atoms with Crippen molar-refractivity contribution < 1.29 is 9.53 Å². The molecule has 3 rings (SSSR count). The second kappa shape index (κ2) is 10.5. The van der Waals surface area contributed by atoms with Crippen molar-refractivity contribution >= 4 is 17.6 Å². The van der Waals surface area contributed by atoms with Crippen LogP contribution in [0.15, 0.2) is 53.5 Å². The first-order chi connectivity index (χ1) is 14.6. The molecule has 0 spiro atoms. The molecule has 0 radical (unpaired) electrons. The molecule has 2 aromatic carbocycles. The van der Waals surface area contributed by atoms with Gasteiger partial charge in [-0.3, -0.25) is 9.79 Å². The van der Waals surface area contributed by atoms with E-state index in [0.29, 0.717) is 18.7 Å². The molecule has 1 aliphatic heterocycles. The highest BCUT2D eigenvalue weighted by molar-refractivity contribution is 5.94. The van der Waals surface area contributed by atoms with Crippen LogP contribution >= 0.6 is 0 Å². The SMILES string of the molecule is CCNC(=O)c1cccc(CNC(=NC)N2CCN(c3ccc(OC)cc3)CC2)c1. The first-order valence-corrected chi connectivity index (χ1v) is 10.4. The van der Waals surface area contributed by atoms with Crippen LogP contribution in [0.3, 0.4) is 0 Å². The Labute approximate surface area is 178 Å². The van der Waals surface area contributed by atoms with Crippen molar-refractivity contribution in [3.63, 3.8) is 0 Å². The largest absolute Gasteiger partial charge is 0.497 e. The van der Waals surface area contributed by atoms with E-state index in [-0.39, 0.29) is 5.91 Å². The van der Waals surface area contributed by atoms with Gasteiger partial charge in [0.25, 0.3) is 5.91 Å². The number of amides is 1. The summed E-state index contributed by atoms with van der Waals surface area (Å²) >= 11 is 0. The average molecular weight is 410 g/mol. The number of guanidine groups is 1. The Kier molecular flexibility index (Phi) is 7.54. The van der Waals surface area contributed by atoms with E-state index in [1.165, 1.54) is 5.69 Å². The fraction of sp³-hybridized carbons (Fsp3) is 0.391. The lowest BCUT2D eigenvalue weighted by molar-refractivity contribution is 0.0955. The molecule has 0 aliphatic carbocycles. The maximum atomic E-state index is 12.0. The Morgan fingerprint density at radius 1 is 1.07 bits per heavy atom. The first-order valence-electron chi connectivity index (χ1n) is 10.4. The topological polar surface area (TPSA) is 69.2 Å². The highest BCUT2D eigenvalue weighted by Gasteiger charge is 2.20. The molecule has 2 aromatic rings. The van der Waals surface area contributed by atoms with Crippen LogP contribution in [0.5, 0.6) is 5.75 Å². The zero-order chi connectivity index (χ0) is 21.3. The quantitative estimate of drug-likeness (QED) is 0.566. The van der Waals surface area contributed by atoms with Gasteiger partial charge >= 0.3 is 0 Å². The molecule has 0 bridgehead atoms. The Hall–Kier alpha value is -3.22. The van der Waals surface area contributed by atoms with Crippen LogP contribution in [-0.2, 0) is 6.54 Å². The molecular weight excluding hydrogens is 378 g/mol. The van der Waals surface area contributed by atoms with Gasteiger partial charge in [0, 0.05) is 57.6 Å². The van der Waals surface area contributed by atoms with E-state index in [4.69, 9.17) is 4.74 Å². The van der Waals surface area contributed by atoms with Crippen LogP contribution in [0.4, 0.5) is 5.69 Å². The molecule has 0 atom stereocenters. The molecule has 1 amide bonds. The van der Waals surface area contributed by atoms with E-state index in [1.807, 2.05) is 50.4 Å². The minimum absolute atomic E-state index is 0.0432. The summed E-state index contributed by atoms with van der Waals surface area (Å²) in [5, 5.41) is 6.27. The minimum Gasteiger partial charge on any atom is -0.497 e. The maximum absolute atomic E-state index is 12.0. The number of nitrogens with zero attached hydrogens (tertiary/aromatic N) is 3. The number of rotatable bonds is 6. The summed E-state index contributed by atoms with van der Waals surface area (Å²) in [4.78, 5) is 21.1. The number of anilines is 1. The molecule has 1 saturated heterocycles. The van der Waals surface area contributed by atoms with Crippen molar-refractivity contribution in [2.24, 2.45) is 4.99 Å². The summed E-state index contributed by atoms with van der Waals surface area (Å²) in [5.41, 5.74) is 2.94. The van der Waals surface area contributed by atoms with Crippen molar-refractivity contribution in [2.75, 3.05) is 51.8 Å². The van der Waals surface area contributed by atoms with Crippen LogP contribution in [-0.4, -0.2) is 63.6 Å². The van der Waals surface area contributed by atoms with Crippen LogP contribution in [0.2, 0.25) is 0 Å². The van der Waals surface area contributed by atoms with Crippen molar-refractivity contribution in [1.29, 1.82) is 0 Å². The second-order valence-corrected chi connectivity index (χ2v) is 7.13. The number of ether oxygens (including phenoxy) is 1. The van der Waals surface area contributed by atoms with Gasteiger partial charge in [-0.05, 0) is 48.9 Å². The summed E-state index contributed by atoms with van der Waals surface area (Å²) in [6.45, 7) is 6.81. The summed E-state index contributed by atoms with van der Waals surface area (Å²) < 4.78 is 5.24. The van der Waals surface area contributed by atoms with Gasteiger partial charge in [0.15, 0.2) is 5.96 Å². The van der Waals surface area contributed by atoms with E-state index in [0.717, 1.165) is 43.5 Å². The third kappa shape index (κ3) is 5.43. The number of nitrogens with one attached hydrogen (secondary N) is 2. The highest BCUT2D eigenvalue weighted by atomic mass is 16.5. The molecule has 1 heterocycles. The van der Waals surface area contributed by atoms with Crippen molar-refractivity contribution in [3.8, 4) is 5.75 Å². The van der Waals surface area contributed by atoms with Crippen molar-refractivity contribution in [3.05, 3.63) is 59.7 Å². The van der Waals surface area contributed by atoms with Gasteiger partial charge in [0.2, 0.25) is 0 Å². The second-order valence-electron chi connectivity index (χ2n) is 7.13. The molecule has 7 nitrogen and oxygen atoms in total. The number of carbonyl (C=O) groups excluding carboxylic acids is 1. The molecular formula is C23H31N5O2. The Morgan fingerprint density at radius 3 is 2.43 bits per heavy atom. The zero-order valence-electron chi connectivity index (χ0n) is 18.0. The Bertz CT molecular complexity index is 858. The van der Waals surface area contributed by atoms with Crippen LogP contribution in [0, 0.1) is 0 Å². The average Bonchev–Trinajstić information content (AvgIpc) is 2.80. The summed E-state index contributed by atoms with van der Waals surface area (Å²) in [6, 6.07) is 15.9.